The molecule has 0 atom stereocenters. The third kappa shape index (κ3) is 4.63. The van der Waals surface area contributed by atoms with E-state index < -0.39 is 0 Å². The summed E-state index contributed by atoms with van der Waals surface area (Å²) < 4.78 is 0. The fourth-order valence-electron chi connectivity index (χ4n) is 2.24. The Hall–Kier alpha value is -1.42. The number of amidine groups is 1. The smallest absolute Gasteiger partial charge is 0.198 e. The Balaban J connectivity index is 1.99. The lowest BCUT2D eigenvalue weighted by Crippen LogP contribution is -2.30. The van der Waals surface area contributed by atoms with Gasteiger partial charge in [0, 0.05) is 25.7 Å². The topological polar surface area (TPSA) is 27.6 Å². The van der Waals surface area contributed by atoms with Crippen LogP contribution in [0.5, 0.6) is 0 Å². The third-order valence-corrected chi connectivity index (χ3v) is 3.53. The van der Waals surface area contributed by atoms with Gasteiger partial charge in [-0.25, -0.2) is 4.99 Å². The van der Waals surface area contributed by atoms with Gasteiger partial charge in [0.15, 0.2) is 5.11 Å². The van der Waals surface area contributed by atoms with Crippen molar-refractivity contribution in [3.63, 3.8) is 0 Å². The van der Waals surface area contributed by atoms with Crippen molar-refractivity contribution in [2.24, 2.45) is 4.99 Å². The van der Waals surface area contributed by atoms with Gasteiger partial charge in [0.05, 0.1) is 0 Å². The Kier molecular flexibility index (Phi) is 5.33. The van der Waals surface area contributed by atoms with Gasteiger partial charge in [-0.15, -0.1) is 0 Å². The van der Waals surface area contributed by atoms with E-state index in [1.807, 2.05) is 30.3 Å². The fraction of sp³-hybridized carbons (Fsp3) is 0.467. The molecule has 1 heterocycles. The van der Waals surface area contributed by atoms with Gasteiger partial charge < -0.3 is 10.2 Å². The molecule has 0 radical (unpaired) electrons. The zero-order valence-electron chi connectivity index (χ0n) is 11.4. The minimum absolute atomic E-state index is 0.550. The summed E-state index contributed by atoms with van der Waals surface area (Å²) in [6.45, 7) is 1.08. The number of likely N-dealkylation sites (tertiary alicyclic amines) is 1. The van der Waals surface area contributed by atoms with Gasteiger partial charge in [0.1, 0.15) is 5.84 Å². The average Bonchev–Trinajstić information content (AvgIpc) is 2.40. The number of nitrogens with one attached hydrogen (secondary N) is 1. The van der Waals surface area contributed by atoms with Crippen molar-refractivity contribution in [2.45, 2.75) is 32.1 Å². The van der Waals surface area contributed by atoms with Gasteiger partial charge >= 0.3 is 0 Å². The van der Waals surface area contributed by atoms with Crippen molar-refractivity contribution in [1.82, 2.24) is 4.90 Å². The highest BCUT2D eigenvalue weighted by molar-refractivity contribution is 7.80. The van der Waals surface area contributed by atoms with Crippen LogP contribution in [0.25, 0.3) is 0 Å². The molecule has 1 aliphatic heterocycles. The number of nitrogens with zero attached hydrogens (tertiary/aromatic N) is 2. The standard InChI is InChI=1S/C15H21N3S/c1-18-12-8-3-2-7-11-14(18)17-15(19)16-13-9-5-4-6-10-13/h4-6,9-10H,2-3,7-8,11-12H2,1H3,(H,16,19)/b17-14-. The Bertz CT molecular complexity index is 442. The van der Waals surface area contributed by atoms with Crippen LogP contribution in [-0.4, -0.2) is 29.4 Å². The summed E-state index contributed by atoms with van der Waals surface area (Å²) in [5.74, 6) is 1.10. The van der Waals surface area contributed by atoms with E-state index in [2.05, 4.69) is 22.3 Å². The van der Waals surface area contributed by atoms with Crippen molar-refractivity contribution in [3.8, 4) is 0 Å². The minimum Gasteiger partial charge on any atom is -0.363 e. The van der Waals surface area contributed by atoms with Crippen LogP contribution in [0.2, 0.25) is 0 Å². The number of hydrogen-bond donors (Lipinski definition) is 1. The third-order valence-electron chi connectivity index (χ3n) is 3.34. The van der Waals surface area contributed by atoms with E-state index >= 15 is 0 Å². The van der Waals surface area contributed by atoms with Crippen molar-refractivity contribution in [3.05, 3.63) is 30.3 Å². The highest BCUT2D eigenvalue weighted by Crippen LogP contribution is 2.12. The summed E-state index contributed by atoms with van der Waals surface area (Å²) >= 11 is 5.32. The van der Waals surface area contributed by atoms with E-state index in [0.717, 1.165) is 24.5 Å². The maximum Gasteiger partial charge on any atom is 0.198 e. The molecule has 1 N–H and O–H groups in total. The normalized spacial score (nSPS) is 18.8. The van der Waals surface area contributed by atoms with Crippen molar-refractivity contribution in [2.75, 3.05) is 18.9 Å². The summed E-state index contributed by atoms with van der Waals surface area (Å²) in [6.07, 6.45) is 6.09. The molecule has 0 aliphatic carbocycles. The maximum absolute atomic E-state index is 5.32. The Morgan fingerprint density at radius 2 is 1.89 bits per heavy atom. The number of thiocarbonyl (C=S) groups is 1. The van der Waals surface area contributed by atoms with Crippen LogP contribution < -0.4 is 5.32 Å². The largest absolute Gasteiger partial charge is 0.363 e. The SMILES string of the molecule is CN1CCCCCC/C1=N/C(=S)Nc1ccccc1. The fourth-order valence-corrected chi connectivity index (χ4v) is 2.46. The van der Waals surface area contributed by atoms with Crippen molar-refractivity contribution < 1.29 is 0 Å². The van der Waals surface area contributed by atoms with Gasteiger partial charge in [0.2, 0.25) is 0 Å². The van der Waals surface area contributed by atoms with Crippen molar-refractivity contribution >= 4 is 28.9 Å². The van der Waals surface area contributed by atoms with E-state index in [0.29, 0.717) is 5.11 Å². The van der Waals surface area contributed by atoms with Crippen LogP contribution in [0.1, 0.15) is 32.1 Å². The first-order chi connectivity index (χ1) is 9.25. The Morgan fingerprint density at radius 1 is 1.16 bits per heavy atom. The predicted octanol–water partition coefficient (Wildman–Crippen LogP) is 3.68. The van der Waals surface area contributed by atoms with Crippen LogP contribution in [0.3, 0.4) is 0 Å². The van der Waals surface area contributed by atoms with Crippen LogP contribution >= 0.6 is 12.2 Å². The molecule has 1 fully saturated rings. The minimum atomic E-state index is 0.550. The van der Waals surface area contributed by atoms with E-state index in [9.17, 15) is 0 Å². The number of aliphatic imine (C=N–C) groups is 1. The number of anilines is 1. The lowest BCUT2D eigenvalue weighted by atomic mass is 10.1. The first-order valence-corrected chi connectivity index (χ1v) is 7.31. The van der Waals surface area contributed by atoms with Gasteiger partial charge in [-0.2, -0.15) is 0 Å². The van der Waals surface area contributed by atoms with E-state index in [1.165, 1.54) is 25.7 Å². The molecule has 19 heavy (non-hydrogen) atoms. The second-order valence-corrected chi connectivity index (χ2v) is 5.30. The van der Waals surface area contributed by atoms with E-state index in [1.54, 1.807) is 0 Å². The molecule has 0 saturated carbocycles. The summed E-state index contributed by atoms with van der Waals surface area (Å²) in [4.78, 5) is 6.81. The summed E-state index contributed by atoms with van der Waals surface area (Å²) in [5, 5.41) is 3.71. The lowest BCUT2D eigenvalue weighted by Gasteiger charge is -2.24. The van der Waals surface area contributed by atoms with E-state index in [4.69, 9.17) is 12.2 Å². The first-order valence-electron chi connectivity index (χ1n) is 6.90. The molecule has 4 heteroatoms. The molecule has 3 nitrogen and oxygen atoms in total. The number of rotatable bonds is 1. The molecule has 1 saturated heterocycles. The highest BCUT2D eigenvalue weighted by atomic mass is 32.1. The monoisotopic (exact) mass is 275 g/mol. The zero-order chi connectivity index (χ0) is 13.5. The average molecular weight is 275 g/mol. The molecule has 0 unspecified atom stereocenters. The molecular weight excluding hydrogens is 254 g/mol. The van der Waals surface area contributed by atoms with E-state index in [-0.39, 0.29) is 0 Å². The molecule has 1 aromatic carbocycles. The molecule has 0 aromatic heterocycles. The van der Waals surface area contributed by atoms with Gasteiger partial charge in [-0.05, 0) is 37.2 Å². The Morgan fingerprint density at radius 3 is 2.68 bits per heavy atom. The zero-order valence-corrected chi connectivity index (χ0v) is 12.2. The lowest BCUT2D eigenvalue weighted by molar-refractivity contribution is 0.440. The van der Waals surface area contributed by atoms with Gasteiger partial charge in [-0.1, -0.05) is 31.0 Å². The Labute approximate surface area is 120 Å². The summed E-state index contributed by atoms with van der Waals surface area (Å²) in [7, 11) is 2.11. The van der Waals surface area contributed by atoms with Crippen LogP contribution in [-0.2, 0) is 0 Å². The second-order valence-electron chi connectivity index (χ2n) is 4.91. The molecule has 2 rings (SSSR count). The number of hydrogen-bond acceptors (Lipinski definition) is 1. The van der Waals surface area contributed by atoms with Crippen LogP contribution in [0.15, 0.2) is 35.3 Å². The molecule has 102 valence electrons. The number of benzene rings is 1. The second kappa shape index (κ2) is 7.24. The van der Waals surface area contributed by atoms with Gasteiger partial charge in [-0.3, -0.25) is 0 Å². The molecule has 1 aliphatic rings. The van der Waals surface area contributed by atoms with Crippen LogP contribution in [0.4, 0.5) is 5.69 Å². The molecule has 0 spiro atoms. The summed E-state index contributed by atoms with van der Waals surface area (Å²) in [5.41, 5.74) is 0.991. The molecule has 0 bridgehead atoms. The first kappa shape index (κ1) is 14.0. The predicted molar refractivity (Wildman–Crippen MR) is 85.8 cm³/mol. The number of para-hydroxylation sites is 1. The molecular formula is C15H21N3S. The maximum atomic E-state index is 5.32. The molecule has 0 amide bonds. The molecule has 1 aromatic rings. The van der Waals surface area contributed by atoms with Crippen molar-refractivity contribution in [1.29, 1.82) is 0 Å². The van der Waals surface area contributed by atoms with Crippen LogP contribution in [0, 0.1) is 0 Å². The quantitative estimate of drug-likeness (QED) is 0.792. The summed E-state index contributed by atoms with van der Waals surface area (Å²) in [6, 6.07) is 9.95. The highest BCUT2D eigenvalue weighted by Gasteiger charge is 2.10. The van der Waals surface area contributed by atoms with Gasteiger partial charge in [0.25, 0.3) is 0 Å².